The van der Waals surface area contributed by atoms with Crippen LogP contribution in [0.5, 0.6) is 0 Å². The second-order valence-electron chi connectivity index (χ2n) is 5.73. The molecule has 0 aliphatic heterocycles. The lowest BCUT2D eigenvalue weighted by atomic mass is 10.2. The Bertz CT molecular complexity index is 382. The Morgan fingerprint density at radius 1 is 1.00 bits per heavy atom. The van der Waals surface area contributed by atoms with Gasteiger partial charge in [-0.1, -0.05) is 63.7 Å². The van der Waals surface area contributed by atoms with Crippen molar-refractivity contribution in [2.45, 2.75) is 52.2 Å². The Hall–Kier alpha value is -0.893. The van der Waals surface area contributed by atoms with E-state index < -0.39 is 8.07 Å². The van der Waals surface area contributed by atoms with Gasteiger partial charge in [-0.2, -0.15) is 0 Å². The zero-order chi connectivity index (χ0) is 13.2. The molecule has 0 aliphatic rings. The van der Waals surface area contributed by atoms with Crippen molar-refractivity contribution in [1.82, 2.24) is 0 Å². The number of carbonyl (C=O) groups is 1. The Morgan fingerprint density at radius 3 is 1.71 bits per heavy atom. The molecule has 1 nitrogen and oxygen atoms in total. The van der Waals surface area contributed by atoms with Gasteiger partial charge in [-0.25, -0.2) is 0 Å². The first-order valence-electron chi connectivity index (χ1n) is 6.41. The third kappa shape index (κ3) is 2.68. The smallest absolute Gasteiger partial charge is 0.159 e. The Kier molecular flexibility index (Phi) is 4.31. The summed E-state index contributed by atoms with van der Waals surface area (Å²) in [5, 5.41) is 1.47. The number of carbonyl (C=O) groups excluding carboxylic acids is 1. The third-order valence-corrected chi connectivity index (χ3v) is 10.7. The van der Waals surface area contributed by atoms with Crippen LogP contribution in [0.25, 0.3) is 0 Å². The van der Waals surface area contributed by atoms with Crippen LogP contribution in [0.15, 0.2) is 24.3 Å². The highest BCUT2D eigenvalue weighted by Gasteiger charge is 2.36. The molecule has 0 saturated heterocycles. The van der Waals surface area contributed by atoms with E-state index >= 15 is 0 Å². The quantitative estimate of drug-likeness (QED) is 0.581. The third-order valence-electron chi connectivity index (χ3n) is 4.31. The first-order valence-corrected chi connectivity index (χ1v) is 9.07. The Labute approximate surface area is 106 Å². The van der Waals surface area contributed by atoms with Gasteiger partial charge in [0.15, 0.2) is 5.78 Å². The molecule has 0 unspecified atom stereocenters. The molecule has 0 bridgehead atoms. The largest absolute Gasteiger partial charge is 0.295 e. The molecule has 0 N–H and O–H groups in total. The van der Waals surface area contributed by atoms with Gasteiger partial charge in [0.1, 0.15) is 0 Å². The molecule has 0 atom stereocenters. The molecule has 0 aliphatic carbocycles. The molecule has 0 heterocycles. The summed E-state index contributed by atoms with van der Waals surface area (Å²) < 4.78 is 0. The second-order valence-corrected chi connectivity index (χ2v) is 11.2. The number of ketones is 1. The van der Waals surface area contributed by atoms with Gasteiger partial charge in [0, 0.05) is 5.56 Å². The number of Topliss-reactive ketones (excluding diaryl/α,β-unsaturated/α-hetero) is 1. The van der Waals surface area contributed by atoms with E-state index in [4.69, 9.17) is 0 Å². The highest BCUT2D eigenvalue weighted by molar-refractivity contribution is 6.92. The fourth-order valence-corrected chi connectivity index (χ4v) is 5.95. The average molecular weight is 248 g/mol. The summed E-state index contributed by atoms with van der Waals surface area (Å²) in [4.78, 5) is 11.3. The van der Waals surface area contributed by atoms with Crippen LogP contribution < -0.4 is 5.19 Å². The molecule has 0 spiro atoms. The number of hydrogen-bond donors (Lipinski definition) is 0. The average Bonchev–Trinajstić information content (AvgIpc) is 2.27. The van der Waals surface area contributed by atoms with Crippen molar-refractivity contribution in [2.75, 3.05) is 0 Å². The van der Waals surface area contributed by atoms with E-state index in [0.29, 0.717) is 11.1 Å². The van der Waals surface area contributed by atoms with Crippen LogP contribution in [0.4, 0.5) is 0 Å². The first-order chi connectivity index (χ1) is 7.80. The minimum absolute atomic E-state index is 0.147. The van der Waals surface area contributed by atoms with Gasteiger partial charge in [0.25, 0.3) is 0 Å². The number of hydrogen-bond acceptors (Lipinski definition) is 1. The van der Waals surface area contributed by atoms with Gasteiger partial charge in [-0.15, -0.1) is 0 Å². The van der Waals surface area contributed by atoms with E-state index in [-0.39, 0.29) is 5.78 Å². The van der Waals surface area contributed by atoms with Crippen LogP contribution >= 0.6 is 0 Å². The van der Waals surface area contributed by atoms with Crippen LogP contribution in [-0.4, -0.2) is 13.9 Å². The van der Waals surface area contributed by atoms with Gasteiger partial charge in [-0.05, 0) is 18.0 Å². The molecular formula is C15H24OSi. The molecule has 0 amide bonds. The second kappa shape index (κ2) is 5.17. The van der Waals surface area contributed by atoms with Crippen LogP contribution in [0.3, 0.4) is 0 Å². The van der Waals surface area contributed by atoms with Gasteiger partial charge < -0.3 is 0 Å². The Balaban J connectivity index is 3.17. The molecular weight excluding hydrogens is 224 g/mol. The SMILES string of the molecule is CC(=O)c1ccc([Si](C)(C(C)C)C(C)C)cc1. The van der Waals surface area contributed by atoms with Gasteiger partial charge >= 0.3 is 0 Å². The molecule has 0 saturated carbocycles. The van der Waals surface area contributed by atoms with Crippen molar-refractivity contribution in [3.63, 3.8) is 0 Å². The monoisotopic (exact) mass is 248 g/mol. The summed E-state index contributed by atoms with van der Waals surface area (Å²) in [6.07, 6.45) is 0. The van der Waals surface area contributed by atoms with Crippen LogP contribution in [0, 0.1) is 0 Å². The molecule has 1 rings (SSSR count). The van der Waals surface area contributed by atoms with Gasteiger partial charge in [0.2, 0.25) is 0 Å². The van der Waals surface area contributed by atoms with Gasteiger partial charge in [0.05, 0.1) is 8.07 Å². The highest BCUT2D eigenvalue weighted by Crippen LogP contribution is 2.31. The zero-order valence-electron chi connectivity index (χ0n) is 11.9. The lowest BCUT2D eigenvalue weighted by Crippen LogP contribution is -2.50. The van der Waals surface area contributed by atoms with E-state index in [9.17, 15) is 4.79 Å². The normalized spacial score (nSPS) is 12.2. The minimum Gasteiger partial charge on any atom is -0.295 e. The van der Waals surface area contributed by atoms with E-state index in [0.717, 1.165) is 5.56 Å². The van der Waals surface area contributed by atoms with E-state index in [2.05, 4.69) is 46.4 Å². The maximum atomic E-state index is 11.3. The summed E-state index contributed by atoms with van der Waals surface area (Å²) in [6, 6.07) is 8.30. The van der Waals surface area contributed by atoms with Crippen molar-refractivity contribution in [3.05, 3.63) is 29.8 Å². The maximum Gasteiger partial charge on any atom is 0.159 e. The summed E-state index contributed by atoms with van der Waals surface area (Å²) >= 11 is 0. The molecule has 0 fully saturated rings. The minimum atomic E-state index is -1.45. The van der Waals surface area contributed by atoms with Gasteiger partial charge in [-0.3, -0.25) is 4.79 Å². The predicted molar refractivity (Wildman–Crippen MR) is 77.9 cm³/mol. The van der Waals surface area contributed by atoms with Crippen LogP contribution in [0.2, 0.25) is 17.6 Å². The Morgan fingerprint density at radius 2 is 1.41 bits per heavy atom. The van der Waals surface area contributed by atoms with E-state index in [1.54, 1.807) is 6.92 Å². The standard InChI is InChI=1S/C15H24OSi/c1-11(2)17(6,12(3)4)15-9-7-14(8-10-15)13(5)16/h7-12H,1-6H3. The van der Waals surface area contributed by atoms with E-state index in [1.165, 1.54) is 5.19 Å². The first kappa shape index (κ1) is 14.2. The zero-order valence-corrected chi connectivity index (χ0v) is 12.9. The number of benzene rings is 1. The molecule has 94 valence electrons. The van der Waals surface area contributed by atoms with Crippen molar-refractivity contribution in [2.24, 2.45) is 0 Å². The lowest BCUT2D eigenvalue weighted by Gasteiger charge is -2.36. The van der Waals surface area contributed by atoms with Crippen LogP contribution in [0.1, 0.15) is 45.0 Å². The molecule has 0 radical (unpaired) electrons. The maximum absolute atomic E-state index is 11.3. The van der Waals surface area contributed by atoms with Crippen LogP contribution in [-0.2, 0) is 0 Å². The number of rotatable bonds is 4. The molecule has 0 aromatic heterocycles. The fourth-order valence-electron chi connectivity index (χ4n) is 2.40. The van der Waals surface area contributed by atoms with E-state index in [1.807, 2.05) is 12.1 Å². The summed E-state index contributed by atoms with van der Waals surface area (Å²) in [7, 11) is -1.45. The molecule has 1 aromatic carbocycles. The van der Waals surface area contributed by atoms with Crippen molar-refractivity contribution in [1.29, 1.82) is 0 Å². The van der Waals surface area contributed by atoms with Crippen molar-refractivity contribution in [3.8, 4) is 0 Å². The summed E-state index contributed by atoms with van der Waals surface area (Å²) in [5.74, 6) is 0.147. The predicted octanol–water partition coefficient (Wildman–Crippen LogP) is 3.99. The summed E-state index contributed by atoms with van der Waals surface area (Å²) in [5.41, 5.74) is 2.24. The van der Waals surface area contributed by atoms with Crippen molar-refractivity contribution < 1.29 is 4.79 Å². The summed E-state index contributed by atoms with van der Waals surface area (Å²) in [6.45, 7) is 13.4. The fraction of sp³-hybridized carbons (Fsp3) is 0.533. The highest BCUT2D eigenvalue weighted by atomic mass is 28.3. The topological polar surface area (TPSA) is 17.1 Å². The molecule has 17 heavy (non-hydrogen) atoms. The molecule has 1 aromatic rings. The lowest BCUT2D eigenvalue weighted by molar-refractivity contribution is 0.101. The van der Waals surface area contributed by atoms with Crippen molar-refractivity contribution >= 4 is 19.0 Å². The molecule has 2 heteroatoms.